The SMILES string of the molecule is O=C(c1cc(-c2cccc(F)c2)no1)N1CCO[C@H]2CCC[C@H]21. The number of fused-ring (bicyclic) bond motifs is 1. The summed E-state index contributed by atoms with van der Waals surface area (Å²) in [7, 11) is 0. The summed E-state index contributed by atoms with van der Waals surface area (Å²) in [6, 6.07) is 7.77. The lowest BCUT2D eigenvalue weighted by Gasteiger charge is -2.37. The second-order valence-corrected chi connectivity index (χ2v) is 5.99. The monoisotopic (exact) mass is 316 g/mol. The zero-order valence-corrected chi connectivity index (χ0v) is 12.6. The molecule has 1 saturated carbocycles. The minimum atomic E-state index is -0.347. The molecule has 1 aliphatic heterocycles. The van der Waals surface area contributed by atoms with Gasteiger partial charge < -0.3 is 14.2 Å². The van der Waals surface area contributed by atoms with Gasteiger partial charge in [0.1, 0.15) is 11.5 Å². The summed E-state index contributed by atoms with van der Waals surface area (Å²) in [5.74, 6) is -0.322. The van der Waals surface area contributed by atoms with Crippen molar-refractivity contribution >= 4 is 5.91 Å². The third-order valence-corrected chi connectivity index (χ3v) is 4.58. The Hall–Kier alpha value is -2.21. The summed E-state index contributed by atoms with van der Waals surface area (Å²) in [4.78, 5) is 14.5. The van der Waals surface area contributed by atoms with Crippen LogP contribution in [-0.2, 0) is 4.74 Å². The summed E-state index contributed by atoms with van der Waals surface area (Å²) in [5.41, 5.74) is 1.05. The van der Waals surface area contributed by atoms with Crippen LogP contribution in [0.4, 0.5) is 4.39 Å². The van der Waals surface area contributed by atoms with Gasteiger partial charge in [-0.2, -0.15) is 0 Å². The molecule has 2 heterocycles. The largest absolute Gasteiger partial charge is 0.374 e. The van der Waals surface area contributed by atoms with Crippen molar-refractivity contribution in [3.8, 4) is 11.3 Å². The highest BCUT2D eigenvalue weighted by Gasteiger charge is 2.39. The first-order valence-electron chi connectivity index (χ1n) is 7.87. The Morgan fingerprint density at radius 2 is 2.22 bits per heavy atom. The fraction of sp³-hybridized carbons (Fsp3) is 0.412. The third kappa shape index (κ3) is 2.63. The van der Waals surface area contributed by atoms with Crippen LogP contribution in [0.5, 0.6) is 0 Å². The predicted octanol–water partition coefficient (Wildman–Crippen LogP) is 2.87. The first-order chi connectivity index (χ1) is 11.2. The van der Waals surface area contributed by atoms with Crippen molar-refractivity contribution in [1.29, 1.82) is 0 Å². The van der Waals surface area contributed by atoms with Gasteiger partial charge in [-0.25, -0.2) is 4.39 Å². The molecule has 2 fully saturated rings. The lowest BCUT2D eigenvalue weighted by atomic mass is 10.1. The normalized spacial score (nSPS) is 23.8. The number of hydrogen-bond donors (Lipinski definition) is 0. The van der Waals surface area contributed by atoms with E-state index in [1.165, 1.54) is 12.1 Å². The van der Waals surface area contributed by atoms with Crippen LogP contribution in [0, 0.1) is 5.82 Å². The van der Waals surface area contributed by atoms with Crippen LogP contribution in [-0.4, -0.2) is 41.3 Å². The molecule has 2 aliphatic rings. The van der Waals surface area contributed by atoms with Crippen molar-refractivity contribution in [2.45, 2.75) is 31.4 Å². The van der Waals surface area contributed by atoms with Crippen molar-refractivity contribution in [3.05, 3.63) is 41.9 Å². The van der Waals surface area contributed by atoms with Crippen LogP contribution in [0.3, 0.4) is 0 Å². The van der Waals surface area contributed by atoms with Crippen LogP contribution in [0.2, 0.25) is 0 Å². The van der Waals surface area contributed by atoms with Crippen molar-refractivity contribution in [3.63, 3.8) is 0 Å². The molecule has 6 heteroatoms. The quantitative estimate of drug-likeness (QED) is 0.855. The molecule has 2 atom stereocenters. The third-order valence-electron chi connectivity index (χ3n) is 4.58. The van der Waals surface area contributed by atoms with Crippen LogP contribution >= 0.6 is 0 Å². The van der Waals surface area contributed by atoms with Gasteiger partial charge in [-0.05, 0) is 31.4 Å². The molecule has 0 bridgehead atoms. The van der Waals surface area contributed by atoms with Gasteiger partial charge in [-0.3, -0.25) is 4.79 Å². The zero-order chi connectivity index (χ0) is 15.8. The predicted molar refractivity (Wildman–Crippen MR) is 80.3 cm³/mol. The van der Waals surface area contributed by atoms with Crippen molar-refractivity contribution in [2.75, 3.05) is 13.2 Å². The Bertz CT molecular complexity index is 730. The number of hydrogen-bond acceptors (Lipinski definition) is 4. The van der Waals surface area contributed by atoms with Crippen molar-refractivity contribution < 1.29 is 18.4 Å². The second-order valence-electron chi connectivity index (χ2n) is 5.99. The van der Waals surface area contributed by atoms with E-state index in [0.717, 1.165) is 19.3 Å². The highest BCUT2D eigenvalue weighted by molar-refractivity contribution is 5.92. The Morgan fingerprint density at radius 1 is 1.30 bits per heavy atom. The molecule has 4 rings (SSSR count). The average Bonchev–Trinajstić information content (AvgIpc) is 3.23. The fourth-order valence-electron chi connectivity index (χ4n) is 3.48. The summed E-state index contributed by atoms with van der Waals surface area (Å²) in [6.45, 7) is 1.12. The standard InChI is InChI=1S/C17H17FN2O3/c18-12-4-1-3-11(9-12)13-10-16(23-19-13)17(21)20-7-8-22-15-6-2-5-14(15)20/h1,3-4,9-10,14-15H,2,5-8H2/t14-,15+/m1/s1. The molecule has 120 valence electrons. The Kier molecular flexibility index (Phi) is 3.61. The van der Waals surface area contributed by atoms with E-state index in [1.54, 1.807) is 18.2 Å². The molecule has 0 spiro atoms. The smallest absolute Gasteiger partial charge is 0.292 e. The summed E-state index contributed by atoms with van der Waals surface area (Å²) >= 11 is 0. The van der Waals surface area contributed by atoms with E-state index in [9.17, 15) is 9.18 Å². The molecule has 1 aliphatic carbocycles. The van der Waals surface area contributed by atoms with E-state index < -0.39 is 0 Å². The van der Waals surface area contributed by atoms with Gasteiger partial charge >= 0.3 is 0 Å². The van der Waals surface area contributed by atoms with Gasteiger partial charge in [0.25, 0.3) is 5.91 Å². The number of benzene rings is 1. The Balaban J connectivity index is 1.57. The number of rotatable bonds is 2. The average molecular weight is 316 g/mol. The van der Waals surface area contributed by atoms with E-state index in [4.69, 9.17) is 9.26 Å². The topological polar surface area (TPSA) is 55.6 Å². The van der Waals surface area contributed by atoms with E-state index in [1.807, 2.05) is 4.90 Å². The van der Waals surface area contributed by atoms with Crippen LogP contribution in [0.25, 0.3) is 11.3 Å². The number of carbonyl (C=O) groups excluding carboxylic acids is 1. The van der Waals surface area contributed by atoms with Gasteiger partial charge in [0.2, 0.25) is 5.76 Å². The molecular weight excluding hydrogens is 299 g/mol. The maximum Gasteiger partial charge on any atom is 0.292 e. The highest BCUT2D eigenvalue weighted by Crippen LogP contribution is 2.31. The van der Waals surface area contributed by atoms with E-state index in [-0.39, 0.29) is 29.6 Å². The number of morpholine rings is 1. The summed E-state index contributed by atoms with van der Waals surface area (Å²) in [6.07, 6.45) is 3.17. The van der Waals surface area contributed by atoms with Crippen molar-refractivity contribution in [1.82, 2.24) is 10.1 Å². The lowest BCUT2D eigenvalue weighted by Crippen LogP contribution is -2.51. The molecule has 23 heavy (non-hydrogen) atoms. The molecule has 0 unspecified atom stereocenters. The summed E-state index contributed by atoms with van der Waals surface area (Å²) < 4.78 is 24.3. The van der Waals surface area contributed by atoms with Crippen molar-refractivity contribution in [2.24, 2.45) is 0 Å². The minimum absolute atomic E-state index is 0.124. The number of nitrogens with zero attached hydrogens (tertiary/aromatic N) is 2. The van der Waals surface area contributed by atoms with Gasteiger partial charge in [-0.15, -0.1) is 0 Å². The molecule has 1 saturated heterocycles. The molecule has 0 radical (unpaired) electrons. The minimum Gasteiger partial charge on any atom is -0.374 e. The van der Waals surface area contributed by atoms with Crippen LogP contribution < -0.4 is 0 Å². The van der Waals surface area contributed by atoms with Gasteiger partial charge in [0.15, 0.2) is 0 Å². The van der Waals surface area contributed by atoms with E-state index in [2.05, 4.69) is 5.16 Å². The van der Waals surface area contributed by atoms with E-state index >= 15 is 0 Å². The van der Waals surface area contributed by atoms with Gasteiger partial charge in [0.05, 0.1) is 18.8 Å². The number of amides is 1. The fourth-order valence-corrected chi connectivity index (χ4v) is 3.48. The maximum atomic E-state index is 13.3. The van der Waals surface area contributed by atoms with Gasteiger partial charge in [0, 0.05) is 18.2 Å². The summed E-state index contributed by atoms with van der Waals surface area (Å²) in [5, 5.41) is 3.91. The molecule has 5 nitrogen and oxygen atoms in total. The lowest BCUT2D eigenvalue weighted by molar-refractivity contribution is -0.0456. The first kappa shape index (κ1) is 14.4. The second kappa shape index (κ2) is 5.77. The molecule has 1 amide bonds. The molecule has 0 N–H and O–H groups in total. The molecular formula is C17H17FN2O3. The Labute approximate surface area is 133 Å². The van der Waals surface area contributed by atoms with E-state index in [0.29, 0.717) is 24.4 Å². The number of ether oxygens (including phenoxy) is 1. The number of carbonyl (C=O) groups is 1. The zero-order valence-electron chi connectivity index (χ0n) is 12.6. The Morgan fingerprint density at radius 3 is 3.09 bits per heavy atom. The number of aromatic nitrogens is 1. The van der Waals surface area contributed by atoms with Gasteiger partial charge in [-0.1, -0.05) is 17.3 Å². The number of halogens is 1. The maximum absolute atomic E-state index is 13.3. The van der Waals surface area contributed by atoms with Crippen LogP contribution in [0.15, 0.2) is 34.9 Å². The van der Waals surface area contributed by atoms with Crippen LogP contribution in [0.1, 0.15) is 29.8 Å². The first-order valence-corrected chi connectivity index (χ1v) is 7.87. The molecule has 2 aromatic rings. The highest BCUT2D eigenvalue weighted by atomic mass is 19.1. The molecule has 1 aromatic heterocycles. The molecule has 1 aromatic carbocycles.